The summed E-state index contributed by atoms with van der Waals surface area (Å²) in [4.78, 5) is 15.8. The first-order valence-corrected chi connectivity index (χ1v) is 12.7. The van der Waals surface area contributed by atoms with Gasteiger partial charge in [0, 0.05) is 18.7 Å². The quantitative estimate of drug-likeness (QED) is 0.553. The SMILES string of the molecule is CC1(C)OB(C2=CCN(C3(C4CCCCC4)C(=O)Nc4c(C(F)(F)F)cccc43)CC2)OC1(C)C. The molecule has 2 fully saturated rings. The van der Waals surface area contributed by atoms with E-state index < -0.39 is 35.6 Å². The molecule has 0 spiro atoms. The molecule has 1 N–H and O–H groups in total. The van der Waals surface area contributed by atoms with Crippen LogP contribution in [0.3, 0.4) is 0 Å². The van der Waals surface area contributed by atoms with Gasteiger partial charge in [0.15, 0.2) is 0 Å². The third-order valence-electron chi connectivity index (χ3n) is 8.86. The normalized spacial score (nSPS) is 29.2. The molecule has 1 aromatic rings. The van der Waals surface area contributed by atoms with E-state index in [1.807, 2.05) is 27.7 Å². The summed E-state index contributed by atoms with van der Waals surface area (Å²) >= 11 is 0. The molecule has 190 valence electrons. The number of nitrogens with one attached hydrogen (secondary N) is 1. The number of hydrogen-bond acceptors (Lipinski definition) is 4. The van der Waals surface area contributed by atoms with Gasteiger partial charge >= 0.3 is 13.3 Å². The van der Waals surface area contributed by atoms with E-state index in [2.05, 4.69) is 16.3 Å². The number of hydrogen-bond donors (Lipinski definition) is 1. The fourth-order valence-corrected chi connectivity index (χ4v) is 6.28. The average Bonchev–Trinajstić information content (AvgIpc) is 3.22. The van der Waals surface area contributed by atoms with Gasteiger partial charge in [-0.15, -0.1) is 0 Å². The van der Waals surface area contributed by atoms with Crippen molar-refractivity contribution in [2.75, 3.05) is 18.4 Å². The molecule has 5 rings (SSSR count). The molecule has 9 heteroatoms. The number of nitrogens with zero attached hydrogens (tertiary/aromatic N) is 1. The first-order chi connectivity index (χ1) is 16.4. The molecule has 1 aromatic carbocycles. The number of amides is 1. The van der Waals surface area contributed by atoms with Crippen LogP contribution in [0.25, 0.3) is 0 Å². The number of benzene rings is 1. The monoisotopic (exact) mass is 490 g/mol. The van der Waals surface area contributed by atoms with Crippen molar-refractivity contribution in [1.82, 2.24) is 4.90 Å². The van der Waals surface area contributed by atoms with Crippen LogP contribution in [0.5, 0.6) is 0 Å². The Morgan fingerprint density at radius 1 is 1.06 bits per heavy atom. The van der Waals surface area contributed by atoms with E-state index in [1.165, 1.54) is 6.07 Å². The number of carbonyl (C=O) groups excluding carboxylic acids is 1. The number of alkyl halides is 3. The lowest BCUT2D eigenvalue weighted by molar-refractivity contribution is -0.137. The van der Waals surface area contributed by atoms with Gasteiger partial charge in [0.2, 0.25) is 5.91 Å². The first kappa shape index (κ1) is 24.8. The molecule has 1 atom stereocenters. The maximum atomic E-state index is 13.9. The van der Waals surface area contributed by atoms with E-state index in [-0.39, 0.29) is 17.5 Å². The van der Waals surface area contributed by atoms with E-state index in [0.29, 0.717) is 25.1 Å². The van der Waals surface area contributed by atoms with Gasteiger partial charge in [0.1, 0.15) is 5.54 Å². The summed E-state index contributed by atoms with van der Waals surface area (Å²) in [5.41, 5.74) is -1.34. The van der Waals surface area contributed by atoms with Crippen molar-refractivity contribution in [1.29, 1.82) is 0 Å². The van der Waals surface area contributed by atoms with Crippen LogP contribution in [0.1, 0.15) is 77.3 Å². The molecule has 0 aromatic heterocycles. The maximum absolute atomic E-state index is 13.9. The molecule has 1 unspecified atom stereocenters. The number of anilines is 1. The molecular formula is C26H34BF3N2O3. The van der Waals surface area contributed by atoms with Gasteiger partial charge < -0.3 is 14.6 Å². The molecule has 5 nitrogen and oxygen atoms in total. The summed E-state index contributed by atoms with van der Waals surface area (Å²) in [5, 5.41) is 2.68. The average molecular weight is 490 g/mol. The minimum absolute atomic E-state index is 0.0345. The van der Waals surface area contributed by atoms with Gasteiger partial charge in [0.05, 0.1) is 22.5 Å². The van der Waals surface area contributed by atoms with Gasteiger partial charge in [-0.05, 0) is 64.4 Å². The number of carbonyl (C=O) groups is 1. The molecule has 4 aliphatic rings. The topological polar surface area (TPSA) is 50.8 Å². The van der Waals surface area contributed by atoms with E-state index in [0.717, 1.165) is 43.6 Å². The Bertz CT molecular complexity index is 1030. The van der Waals surface area contributed by atoms with Crippen molar-refractivity contribution in [3.63, 3.8) is 0 Å². The van der Waals surface area contributed by atoms with Crippen LogP contribution in [0, 0.1) is 5.92 Å². The molecule has 3 heterocycles. The standard InChI is InChI=1S/C26H34BF3N2O3/c1-23(2)24(3,4)35-27(34-23)18-13-15-32(16-14-18)25(17-9-6-5-7-10-17)19-11-8-12-20(26(28,29)30)21(19)31-22(25)33/h8,11-13,17H,5-7,9-10,14-16H2,1-4H3,(H,31,33). The third-order valence-corrected chi connectivity index (χ3v) is 8.86. The number of rotatable bonds is 3. The van der Waals surface area contributed by atoms with Gasteiger partial charge in [-0.3, -0.25) is 9.69 Å². The van der Waals surface area contributed by atoms with Crippen LogP contribution in [-0.2, 0) is 25.8 Å². The van der Waals surface area contributed by atoms with Crippen molar-refractivity contribution in [3.8, 4) is 0 Å². The molecule has 1 aliphatic carbocycles. The Hall–Kier alpha value is -1.84. The van der Waals surface area contributed by atoms with Crippen LogP contribution in [0.2, 0.25) is 0 Å². The van der Waals surface area contributed by atoms with Crippen LogP contribution in [0.15, 0.2) is 29.7 Å². The van der Waals surface area contributed by atoms with Crippen molar-refractivity contribution >= 4 is 18.7 Å². The van der Waals surface area contributed by atoms with Crippen LogP contribution in [0.4, 0.5) is 18.9 Å². The maximum Gasteiger partial charge on any atom is 0.490 e. The lowest BCUT2D eigenvalue weighted by Crippen LogP contribution is -2.57. The Kier molecular flexibility index (Phi) is 5.93. The van der Waals surface area contributed by atoms with Crippen LogP contribution >= 0.6 is 0 Å². The minimum atomic E-state index is -4.53. The van der Waals surface area contributed by atoms with Gasteiger partial charge in [-0.2, -0.15) is 13.2 Å². The second-order valence-electron chi connectivity index (χ2n) is 11.3. The Morgan fingerprint density at radius 2 is 1.71 bits per heavy atom. The van der Waals surface area contributed by atoms with E-state index in [1.54, 1.807) is 6.07 Å². The zero-order chi connectivity index (χ0) is 25.2. The zero-order valence-electron chi connectivity index (χ0n) is 20.9. The molecular weight excluding hydrogens is 456 g/mol. The summed E-state index contributed by atoms with van der Waals surface area (Å²) in [6.45, 7) is 9.06. The molecule has 0 radical (unpaired) electrons. The van der Waals surface area contributed by atoms with Gasteiger partial charge in [-0.1, -0.05) is 37.5 Å². The zero-order valence-corrected chi connectivity index (χ0v) is 20.9. The molecule has 0 bridgehead atoms. The van der Waals surface area contributed by atoms with E-state index in [4.69, 9.17) is 9.31 Å². The lowest BCUT2D eigenvalue weighted by atomic mass is 9.68. The first-order valence-electron chi connectivity index (χ1n) is 12.7. The highest BCUT2D eigenvalue weighted by Gasteiger charge is 2.58. The number of fused-ring (bicyclic) bond motifs is 1. The number of para-hydroxylation sites is 1. The Morgan fingerprint density at radius 3 is 2.29 bits per heavy atom. The molecule has 1 saturated carbocycles. The fourth-order valence-electron chi connectivity index (χ4n) is 6.28. The predicted molar refractivity (Wildman–Crippen MR) is 129 cm³/mol. The largest absolute Gasteiger partial charge is 0.490 e. The van der Waals surface area contributed by atoms with Crippen LogP contribution in [-0.4, -0.2) is 42.2 Å². The van der Waals surface area contributed by atoms with Crippen molar-refractivity contribution < 1.29 is 27.3 Å². The Labute approximate surface area is 205 Å². The summed E-state index contributed by atoms with van der Waals surface area (Å²) in [7, 11) is -0.450. The van der Waals surface area contributed by atoms with Gasteiger partial charge in [-0.25, -0.2) is 0 Å². The minimum Gasteiger partial charge on any atom is -0.400 e. The second kappa shape index (κ2) is 8.35. The van der Waals surface area contributed by atoms with E-state index >= 15 is 0 Å². The highest BCUT2D eigenvalue weighted by molar-refractivity contribution is 6.54. The molecule has 1 amide bonds. The Balaban J connectivity index is 1.52. The number of halogens is 3. The van der Waals surface area contributed by atoms with Crippen molar-refractivity contribution in [2.24, 2.45) is 5.92 Å². The fraction of sp³-hybridized carbons (Fsp3) is 0.654. The van der Waals surface area contributed by atoms with E-state index in [9.17, 15) is 18.0 Å². The van der Waals surface area contributed by atoms with Gasteiger partial charge in [0.25, 0.3) is 0 Å². The molecule has 3 aliphatic heterocycles. The second-order valence-corrected chi connectivity index (χ2v) is 11.3. The smallest absolute Gasteiger partial charge is 0.400 e. The van der Waals surface area contributed by atoms with Crippen molar-refractivity contribution in [3.05, 3.63) is 40.9 Å². The third kappa shape index (κ3) is 3.85. The predicted octanol–water partition coefficient (Wildman–Crippen LogP) is 5.70. The molecule has 35 heavy (non-hydrogen) atoms. The highest BCUT2D eigenvalue weighted by Crippen LogP contribution is 2.53. The lowest BCUT2D eigenvalue weighted by Gasteiger charge is -2.47. The summed E-state index contributed by atoms with van der Waals surface area (Å²) in [6, 6.07) is 4.21. The van der Waals surface area contributed by atoms with Crippen molar-refractivity contribution in [2.45, 2.75) is 89.1 Å². The molecule has 1 saturated heterocycles. The summed E-state index contributed by atoms with van der Waals surface area (Å²) in [6.07, 6.45) is 2.86. The summed E-state index contributed by atoms with van der Waals surface area (Å²) < 4.78 is 54.0. The summed E-state index contributed by atoms with van der Waals surface area (Å²) in [5.74, 6) is -0.364. The highest BCUT2D eigenvalue weighted by atomic mass is 19.4. The van der Waals surface area contributed by atoms with Crippen LogP contribution < -0.4 is 5.32 Å².